The van der Waals surface area contributed by atoms with E-state index in [-0.39, 0.29) is 6.61 Å². The summed E-state index contributed by atoms with van der Waals surface area (Å²) in [6.45, 7) is 4.81. The van der Waals surface area contributed by atoms with Crippen molar-refractivity contribution in [3.05, 3.63) is 12.7 Å². The third-order valence-corrected chi connectivity index (χ3v) is 1.54. The van der Waals surface area contributed by atoms with Crippen molar-refractivity contribution in [1.82, 2.24) is 0 Å². The Morgan fingerprint density at radius 1 is 1.55 bits per heavy atom. The highest BCUT2D eigenvalue weighted by Gasteiger charge is 2.17. The molecule has 0 heterocycles. The SMILES string of the molecule is C=CC[N+](C)(C)CC(O)CO. The second kappa shape index (κ2) is 4.49. The fourth-order valence-corrected chi connectivity index (χ4v) is 1.05. The highest BCUT2D eigenvalue weighted by atomic mass is 16.3. The van der Waals surface area contributed by atoms with Crippen molar-refractivity contribution in [1.29, 1.82) is 0 Å². The number of hydrogen-bond acceptors (Lipinski definition) is 2. The molecule has 0 radical (unpaired) electrons. The highest BCUT2D eigenvalue weighted by Crippen LogP contribution is 1.99. The van der Waals surface area contributed by atoms with Gasteiger partial charge >= 0.3 is 0 Å². The van der Waals surface area contributed by atoms with Gasteiger partial charge in [-0.15, -0.1) is 0 Å². The van der Waals surface area contributed by atoms with Crippen LogP contribution in [0.5, 0.6) is 0 Å². The quantitative estimate of drug-likeness (QED) is 0.424. The summed E-state index contributed by atoms with van der Waals surface area (Å²) in [5.74, 6) is 0. The van der Waals surface area contributed by atoms with E-state index in [0.717, 1.165) is 6.54 Å². The van der Waals surface area contributed by atoms with Gasteiger partial charge in [0.1, 0.15) is 12.6 Å². The maximum atomic E-state index is 9.12. The molecule has 3 nitrogen and oxygen atoms in total. The van der Waals surface area contributed by atoms with E-state index in [1.807, 2.05) is 20.2 Å². The van der Waals surface area contributed by atoms with Crippen molar-refractivity contribution in [3.8, 4) is 0 Å². The van der Waals surface area contributed by atoms with E-state index in [0.29, 0.717) is 11.0 Å². The summed E-state index contributed by atoms with van der Waals surface area (Å²) < 4.78 is 0.658. The zero-order chi connectivity index (χ0) is 8.91. The molecular weight excluding hydrogens is 142 g/mol. The summed E-state index contributed by atoms with van der Waals surface area (Å²) in [6.07, 6.45) is 1.19. The van der Waals surface area contributed by atoms with Crippen molar-refractivity contribution in [2.45, 2.75) is 6.10 Å². The predicted molar refractivity (Wildman–Crippen MR) is 45.1 cm³/mol. The van der Waals surface area contributed by atoms with Gasteiger partial charge in [-0.3, -0.25) is 0 Å². The van der Waals surface area contributed by atoms with E-state index in [4.69, 9.17) is 10.2 Å². The van der Waals surface area contributed by atoms with Crippen LogP contribution in [0.4, 0.5) is 0 Å². The molecule has 0 aromatic heterocycles. The Kier molecular flexibility index (Phi) is 4.33. The Morgan fingerprint density at radius 3 is 2.45 bits per heavy atom. The maximum Gasteiger partial charge on any atom is 0.126 e. The molecule has 0 amide bonds. The van der Waals surface area contributed by atoms with Gasteiger partial charge in [0, 0.05) is 0 Å². The molecule has 11 heavy (non-hydrogen) atoms. The molecular formula is C8H18NO2+. The topological polar surface area (TPSA) is 40.5 Å². The van der Waals surface area contributed by atoms with E-state index in [1.54, 1.807) is 0 Å². The largest absolute Gasteiger partial charge is 0.393 e. The average Bonchev–Trinajstić information content (AvgIpc) is 1.86. The van der Waals surface area contributed by atoms with E-state index in [9.17, 15) is 0 Å². The van der Waals surface area contributed by atoms with Crippen LogP contribution in [0, 0.1) is 0 Å². The van der Waals surface area contributed by atoms with Crippen LogP contribution in [0.1, 0.15) is 0 Å². The van der Waals surface area contributed by atoms with Gasteiger partial charge in [0.25, 0.3) is 0 Å². The smallest absolute Gasteiger partial charge is 0.126 e. The molecule has 0 aromatic rings. The van der Waals surface area contributed by atoms with Gasteiger partial charge < -0.3 is 14.7 Å². The van der Waals surface area contributed by atoms with Gasteiger partial charge in [-0.25, -0.2) is 0 Å². The molecule has 0 aliphatic rings. The van der Waals surface area contributed by atoms with Crippen molar-refractivity contribution < 1.29 is 14.7 Å². The second-order valence-electron chi connectivity index (χ2n) is 3.43. The first-order valence-corrected chi connectivity index (χ1v) is 3.73. The normalized spacial score (nSPS) is 14.5. The standard InChI is InChI=1S/C8H18NO2/c1-4-5-9(2,3)6-8(11)7-10/h4,8,10-11H,1,5-7H2,2-3H3/q+1. The number of rotatable bonds is 5. The van der Waals surface area contributed by atoms with Crippen LogP contribution in [0.25, 0.3) is 0 Å². The Morgan fingerprint density at radius 2 is 2.09 bits per heavy atom. The van der Waals surface area contributed by atoms with E-state index >= 15 is 0 Å². The van der Waals surface area contributed by atoms with Crippen LogP contribution in [-0.4, -0.2) is 54.6 Å². The zero-order valence-corrected chi connectivity index (χ0v) is 7.32. The predicted octanol–water partition coefficient (Wildman–Crippen LogP) is -0.398. The number of aliphatic hydroxyl groups excluding tert-OH is 2. The lowest BCUT2D eigenvalue weighted by atomic mass is 10.3. The van der Waals surface area contributed by atoms with Gasteiger partial charge in [-0.05, 0) is 6.08 Å². The molecule has 0 fully saturated rings. The molecule has 0 bridgehead atoms. The maximum absolute atomic E-state index is 9.12. The van der Waals surface area contributed by atoms with Gasteiger partial charge in [-0.2, -0.15) is 0 Å². The minimum Gasteiger partial charge on any atom is -0.393 e. The van der Waals surface area contributed by atoms with Crippen molar-refractivity contribution in [3.63, 3.8) is 0 Å². The van der Waals surface area contributed by atoms with Gasteiger partial charge in [0.2, 0.25) is 0 Å². The third-order valence-electron chi connectivity index (χ3n) is 1.54. The molecule has 0 saturated heterocycles. The minimum absolute atomic E-state index is 0.168. The van der Waals surface area contributed by atoms with Crippen LogP contribution in [0.3, 0.4) is 0 Å². The molecule has 0 spiro atoms. The van der Waals surface area contributed by atoms with Gasteiger partial charge in [0.05, 0.1) is 27.2 Å². The minimum atomic E-state index is -0.620. The van der Waals surface area contributed by atoms with Crippen molar-refractivity contribution >= 4 is 0 Å². The number of quaternary nitrogens is 1. The number of likely N-dealkylation sites (N-methyl/N-ethyl adjacent to an activating group) is 1. The molecule has 1 atom stereocenters. The summed E-state index contributed by atoms with van der Waals surface area (Å²) >= 11 is 0. The molecule has 3 heteroatoms. The molecule has 1 unspecified atom stereocenters. The lowest BCUT2D eigenvalue weighted by Crippen LogP contribution is -2.46. The Balaban J connectivity index is 3.79. The lowest BCUT2D eigenvalue weighted by molar-refractivity contribution is -0.887. The van der Waals surface area contributed by atoms with E-state index in [1.165, 1.54) is 0 Å². The number of nitrogens with zero attached hydrogens (tertiary/aromatic N) is 1. The van der Waals surface area contributed by atoms with Gasteiger partial charge in [0.15, 0.2) is 0 Å². The molecule has 2 N–H and O–H groups in total. The molecule has 0 saturated carbocycles. The monoisotopic (exact) mass is 160 g/mol. The zero-order valence-electron chi connectivity index (χ0n) is 7.32. The van der Waals surface area contributed by atoms with Crippen LogP contribution in [0.2, 0.25) is 0 Å². The molecule has 0 rings (SSSR count). The summed E-state index contributed by atoms with van der Waals surface area (Å²) in [5.41, 5.74) is 0. The summed E-state index contributed by atoms with van der Waals surface area (Å²) in [5, 5.41) is 17.7. The van der Waals surface area contributed by atoms with Gasteiger partial charge in [-0.1, -0.05) is 6.58 Å². The molecule has 0 aliphatic carbocycles. The number of hydrogen-bond donors (Lipinski definition) is 2. The summed E-state index contributed by atoms with van der Waals surface area (Å²) in [6, 6.07) is 0. The van der Waals surface area contributed by atoms with E-state index in [2.05, 4.69) is 6.58 Å². The van der Waals surface area contributed by atoms with Crippen molar-refractivity contribution in [2.75, 3.05) is 33.8 Å². The summed E-state index contributed by atoms with van der Waals surface area (Å²) in [7, 11) is 3.97. The first kappa shape index (κ1) is 10.6. The van der Waals surface area contributed by atoms with Crippen LogP contribution in [0.15, 0.2) is 12.7 Å². The van der Waals surface area contributed by atoms with Crippen LogP contribution < -0.4 is 0 Å². The van der Waals surface area contributed by atoms with Crippen LogP contribution in [-0.2, 0) is 0 Å². The first-order valence-electron chi connectivity index (χ1n) is 3.73. The van der Waals surface area contributed by atoms with Crippen LogP contribution >= 0.6 is 0 Å². The lowest BCUT2D eigenvalue weighted by Gasteiger charge is -2.29. The summed E-state index contributed by atoms with van der Waals surface area (Å²) in [4.78, 5) is 0. The molecule has 0 aliphatic heterocycles. The molecule has 66 valence electrons. The number of aliphatic hydroxyl groups is 2. The molecule has 0 aromatic carbocycles. The first-order chi connectivity index (χ1) is 5.02. The Bertz CT molecular complexity index is 123. The van der Waals surface area contributed by atoms with E-state index < -0.39 is 6.10 Å². The Hall–Kier alpha value is -0.380. The fourth-order valence-electron chi connectivity index (χ4n) is 1.05. The fraction of sp³-hybridized carbons (Fsp3) is 0.750. The Labute approximate surface area is 68.2 Å². The average molecular weight is 160 g/mol. The highest BCUT2D eigenvalue weighted by molar-refractivity contribution is 4.65. The third kappa shape index (κ3) is 4.95. The van der Waals surface area contributed by atoms with Crippen molar-refractivity contribution in [2.24, 2.45) is 0 Å². The second-order valence-corrected chi connectivity index (χ2v) is 3.43.